The molecular weight excluding hydrogens is 274 g/mol. The van der Waals surface area contributed by atoms with Gasteiger partial charge in [0.05, 0.1) is 0 Å². The Balaban J connectivity index is 1.99. The number of rotatable bonds is 6. The molecule has 0 amide bonds. The number of nitrogens with zero attached hydrogens (tertiary/aromatic N) is 1. The van der Waals surface area contributed by atoms with Crippen LogP contribution in [0, 0.1) is 0 Å². The van der Waals surface area contributed by atoms with Gasteiger partial charge in [-0.3, -0.25) is 4.90 Å². The lowest BCUT2D eigenvalue weighted by Gasteiger charge is -2.24. The standard InChI is InChI=1S/C16H24F2N2O/c1-11(2)20-9-8-13(10-20)19-12(3)14-6-4-5-7-15(14)21-16(17)18/h4-7,11-13,16,19H,8-10H2,1-3H3. The number of halogens is 2. The molecule has 1 saturated heterocycles. The summed E-state index contributed by atoms with van der Waals surface area (Å²) in [4.78, 5) is 2.42. The number of hydrogen-bond donors (Lipinski definition) is 1. The minimum absolute atomic E-state index is 0.0166. The zero-order valence-corrected chi connectivity index (χ0v) is 12.9. The Hall–Kier alpha value is -1.20. The second kappa shape index (κ2) is 7.18. The van der Waals surface area contributed by atoms with Gasteiger partial charge in [0, 0.05) is 30.2 Å². The van der Waals surface area contributed by atoms with Crippen LogP contribution in [0.15, 0.2) is 24.3 Å². The van der Waals surface area contributed by atoms with Gasteiger partial charge in [-0.15, -0.1) is 0 Å². The van der Waals surface area contributed by atoms with Gasteiger partial charge in [-0.05, 0) is 39.8 Å². The van der Waals surface area contributed by atoms with Crippen molar-refractivity contribution in [1.82, 2.24) is 10.2 Å². The molecule has 1 aromatic carbocycles. The third-order valence-corrected chi connectivity index (χ3v) is 4.04. The highest BCUT2D eigenvalue weighted by atomic mass is 19.3. The number of likely N-dealkylation sites (tertiary alicyclic amines) is 1. The highest BCUT2D eigenvalue weighted by molar-refractivity contribution is 5.35. The van der Waals surface area contributed by atoms with Crippen molar-refractivity contribution in [1.29, 1.82) is 0 Å². The fourth-order valence-electron chi connectivity index (χ4n) is 2.88. The number of para-hydroxylation sites is 1. The maximum absolute atomic E-state index is 12.5. The van der Waals surface area contributed by atoms with Crippen molar-refractivity contribution < 1.29 is 13.5 Å². The first kappa shape index (κ1) is 16.2. The molecule has 0 bridgehead atoms. The van der Waals surface area contributed by atoms with Gasteiger partial charge in [0.25, 0.3) is 0 Å². The smallest absolute Gasteiger partial charge is 0.387 e. The van der Waals surface area contributed by atoms with E-state index >= 15 is 0 Å². The van der Waals surface area contributed by atoms with Crippen molar-refractivity contribution in [2.45, 2.75) is 51.9 Å². The van der Waals surface area contributed by atoms with Crippen molar-refractivity contribution in [2.24, 2.45) is 0 Å². The summed E-state index contributed by atoms with van der Waals surface area (Å²) in [6.07, 6.45) is 1.08. The average Bonchev–Trinajstić information content (AvgIpc) is 2.87. The SMILES string of the molecule is CC(NC1CCN(C(C)C)C1)c1ccccc1OC(F)F. The highest BCUT2D eigenvalue weighted by Crippen LogP contribution is 2.27. The summed E-state index contributed by atoms with van der Waals surface area (Å²) in [5.41, 5.74) is 0.779. The zero-order valence-electron chi connectivity index (χ0n) is 12.9. The minimum Gasteiger partial charge on any atom is -0.434 e. The molecule has 2 unspecified atom stereocenters. The van der Waals surface area contributed by atoms with E-state index < -0.39 is 6.61 Å². The van der Waals surface area contributed by atoms with Gasteiger partial charge >= 0.3 is 6.61 Å². The molecule has 0 spiro atoms. The molecule has 0 radical (unpaired) electrons. The third kappa shape index (κ3) is 4.38. The van der Waals surface area contributed by atoms with Crippen LogP contribution < -0.4 is 10.1 Å². The second-order valence-electron chi connectivity index (χ2n) is 5.88. The first-order valence-electron chi connectivity index (χ1n) is 7.51. The summed E-state index contributed by atoms with van der Waals surface area (Å²) in [7, 11) is 0. The lowest BCUT2D eigenvalue weighted by Crippen LogP contribution is -2.36. The van der Waals surface area contributed by atoms with E-state index in [0.717, 1.165) is 25.1 Å². The van der Waals surface area contributed by atoms with Crippen LogP contribution in [0.4, 0.5) is 8.78 Å². The van der Waals surface area contributed by atoms with Crippen LogP contribution in [0.1, 0.15) is 38.8 Å². The molecule has 2 atom stereocenters. The Bertz CT molecular complexity index is 454. The van der Waals surface area contributed by atoms with Gasteiger partial charge in [-0.1, -0.05) is 18.2 Å². The van der Waals surface area contributed by atoms with Crippen molar-refractivity contribution in [3.8, 4) is 5.75 Å². The molecule has 0 aromatic heterocycles. The molecule has 1 aliphatic heterocycles. The largest absolute Gasteiger partial charge is 0.434 e. The summed E-state index contributed by atoms with van der Waals surface area (Å²) in [5, 5.41) is 3.53. The van der Waals surface area contributed by atoms with Crippen LogP contribution in [0.25, 0.3) is 0 Å². The van der Waals surface area contributed by atoms with Gasteiger partial charge < -0.3 is 10.1 Å². The van der Waals surface area contributed by atoms with E-state index in [1.807, 2.05) is 19.1 Å². The van der Waals surface area contributed by atoms with E-state index in [1.54, 1.807) is 12.1 Å². The number of alkyl halides is 2. The van der Waals surface area contributed by atoms with Crippen LogP contribution >= 0.6 is 0 Å². The zero-order chi connectivity index (χ0) is 15.4. The van der Waals surface area contributed by atoms with E-state index in [-0.39, 0.29) is 11.8 Å². The van der Waals surface area contributed by atoms with Crippen LogP contribution in [0.2, 0.25) is 0 Å². The third-order valence-electron chi connectivity index (χ3n) is 4.04. The Morgan fingerprint density at radius 1 is 1.24 bits per heavy atom. The molecule has 1 heterocycles. The molecule has 5 heteroatoms. The number of nitrogens with one attached hydrogen (secondary N) is 1. The first-order chi connectivity index (χ1) is 9.97. The van der Waals surface area contributed by atoms with E-state index in [4.69, 9.17) is 0 Å². The molecule has 21 heavy (non-hydrogen) atoms. The minimum atomic E-state index is -2.79. The molecule has 1 aliphatic rings. The Morgan fingerprint density at radius 2 is 1.95 bits per heavy atom. The lowest BCUT2D eigenvalue weighted by molar-refractivity contribution is -0.0506. The summed E-state index contributed by atoms with van der Waals surface area (Å²) in [6.45, 7) is 5.67. The molecular formula is C16H24F2N2O. The van der Waals surface area contributed by atoms with E-state index in [0.29, 0.717) is 12.1 Å². The van der Waals surface area contributed by atoms with Crippen LogP contribution in [-0.4, -0.2) is 36.7 Å². The lowest BCUT2D eigenvalue weighted by atomic mass is 10.1. The van der Waals surface area contributed by atoms with Crippen molar-refractivity contribution in [2.75, 3.05) is 13.1 Å². The number of benzene rings is 1. The summed E-state index contributed by atoms with van der Waals surface area (Å²) in [5.74, 6) is 0.256. The Labute approximate surface area is 125 Å². The van der Waals surface area contributed by atoms with Crippen molar-refractivity contribution in [3.63, 3.8) is 0 Å². The monoisotopic (exact) mass is 298 g/mol. The molecule has 1 fully saturated rings. The van der Waals surface area contributed by atoms with Gasteiger partial charge in [0.15, 0.2) is 0 Å². The van der Waals surface area contributed by atoms with Gasteiger partial charge in [-0.2, -0.15) is 8.78 Å². The van der Waals surface area contributed by atoms with Crippen molar-refractivity contribution >= 4 is 0 Å². The molecule has 0 saturated carbocycles. The molecule has 3 nitrogen and oxygen atoms in total. The quantitative estimate of drug-likeness (QED) is 0.871. The van der Waals surface area contributed by atoms with Crippen LogP contribution in [0.5, 0.6) is 5.75 Å². The number of hydrogen-bond acceptors (Lipinski definition) is 3. The Kier molecular flexibility index (Phi) is 5.53. The molecule has 118 valence electrons. The molecule has 1 N–H and O–H groups in total. The first-order valence-corrected chi connectivity index (χ1v) is 7.51. The fraction of sp³-hybridized carbons (Fsp3) is 0.625. The second-order valence-corrected chi connectivity index (χ2v) is 5.88. The topological polar surface area (TPSA) is 24.5 Å². The van der Waals surface area contributed by atoms with E-state index in [2.05, 4.69) is 28.8 Å². The Morgan fingerprint density at radius 3 is 2.57 bits per heavy atom. The maximum Gasteiger partial charge on any atom is 0.387 e. The summed E-state index contributed by atoms with van der Waals surface area (Å²) >= 11 is 0. The van der Waals surface area contributed by atoms with Crippen LogP contribution in [-0.2, 0) is 0 Å². The maximum atomic E-state index is 12.5. The van der Waals surface area contributed by atoms with Gasteiger partial charge in [0.1, 0.15) is 5.75 Å². The highest BCUT2D eigenvalue weighted by Gasteiger charge is 2.26. The molecule has 0 aliphatic carbocycles. The molecule has 2 rings (SSSR count). The predicted molar refractivity (Wildman–Crippen MR) is 79.7 cm³/mol. The van der Waals surface area contributed by atoms with Crippen molar-refractivity contribution in [3.05, 3.63) is 29.8 Å². The average molecular weight is 298 g/mol. The number of ether oxygens (including phenoxy) is 1. The van der Waals surface area contributed by atoms with Crippen LogP contribution in [0.3, 0.4) is 0 Å². The summed E-state index contributed by atoms with van der Waals surface area (Å²) < 4.78 is 29.5. The molecule has 1 aromatic rings. The fourth-order valence-corrected chi connectivity index (χ4v) is 2.88. The normalized spacial score (nSPS) is 21.2. The van der Waals surface area contributed by atoms with Gasteiger partial charge in [0.2, 0.25) is 0 Å². The predicted octanol–water partition coefficient (Wildman–Crippen LogP) is 3.42. The summed E-state index contributed by atoms with van der Waals surface area (Å²) in [6, 6.07) is 7.91. The van der Waals surface area contributed by atoms with E-state index in [9.17, 15) is 8.78 Å². The van der Waals surface area contributed by atoms with Gasteiger partial charge in [-0.25, -0.2) is 0 Å². The van der Waals surface area contributed by atoms with E-state index in [1.165, 1.54) is 0 Å².